The van der Waals surface area contributed by atoms with Crippen LogP contribution in [0.2, 0.25) is 0 Å². The van der Waals surface area contributed by atoms with E-state index >= 15 is 0 Å². The third kappa shape index (κ3) is 2.64. The van der Waals surface area contributed by atoms with Gasteiger partial charge < -0.3 is 9.84 Å². The van der Waals surface area contributed by atoms with Gasteiger partial charge >= 0.3 is 6.18 Å². The summed E-state index contributed by atoms with van der Waals surface area (Å²) in [6.07, 6.45) is -3.62. The van der Waals surface area contributed by atoms with Crippen LogP contribution in [-0.2, 0) is 16.5 Å². The highest BCUT2D eigenvalue weighted by Gasteiger charge is 2.46. The van der Waals surface area contributed by atoms with Crippen LogP contribution in [0.15, 0.2) is 18.2 Å². The molecule has 0 amide bonds. The van der Waals surface area contributed by atoms with E-state index in [1.54, 1.807) is 6.92 Å². The van der Waals surface area contributed by atoms with Gasteiger partial charge in [0.2, 0.25) is 0 Å². The van der Waals surface area contributed by atoms with Gasteiger partial charge in [0.15, 0.2) is 0 Å². The Hall–Kier alpha value is -1.11. The zero-order valence-electron chi connectivity index (χ0n) is 12.7. The number of benzene rings is 1. The second-order valence-corrected chi connectivity index (χ2v) is 6.48. The lowest BCUT2D eigenvalue weighted by molar-refractivity contribution is -0.141. The van der Waals surface area contributed by atoms with Crippen LogP contribution < -0.4 is 0 Å². The van der Waals surface area contributed by atoms with Crippen molar-refractivity contribution in [2.45, 2.75) is 43.6 Å². The Morgan fingerprint density at radius 2 is 1.82 bits per heavy atom. The van der Waals surface area contributed by atoms with E-state index in [9.17, 15) is 18.3 Å². The Morgan fingerprint density at radius 1 is 1.23 bits per heavy atom. The Balaban J connectivity index is 1.99. The number of halogens is 3. The first-order valence-corrected chi connectivity index (χ1v) is 7.41. The van der Waals surface area contributed by atoms with Crippen molar-refractivity contribution in [3.05, 3.63) is 34.9 Å². The molecular weight excluding hydrogens is 295 g/mol. The molecule has 1 aromatic carbocycles. The molecule has 2 bridgehead atoms. The van der Waals surface area contributed by atoms with Gasteiger partial charge in [-0.3, -0.25) is 4.90 Å². The maximum absolute atomic E-state index is 13.0. The number of hydrogen-bond acceptors (Lipinski definition) is 3. The van der Waals surface area contributed by atoms with Crippen LogP contribution in [0, 0.1) is 6.92 Å². The molecule has 3 nitrogen and oxygen atoms in total. The summed E-state index contributed by atoms with van der Waals surface area (Å²) in [4.78, 5) is 2.17. The van der Waals surface area contributed by atoms with E-state index in [-0.39, 0.29) is 12.1 Å². The van der Waals surface area contributed by atoms with Gasteiger partial charge in [0.1, 0.15) is 0 Å². The maximum atomic E-state index is 13.0. The van der Waals surface area contributed by atoms with Crippen LogP contribution >= 0.6 is 0 Å². The van der Waals surface area contributed by atoms with Gasteiger partial charge in [-0.25, -0.2) is 0 Å². The average molecular weight is 315 g/mol. The number of likely N-dealkylation sites (N-methyl/N-ethyl adjacent to an activating group) is 1. The number of piperidine rings is 1. The number of morpholine rings is 1. The molecular formula is C16H20F3NO2. The molecule has 0 spiro atoms. The quantitative estimate of drug-likeness (QED) is 0.865. The second kappa shape index (κ2) is 5.22. The molecule has 2 heterocycles. The summed E-state index contributed by atoms with van der Waals surface area (Å²) < 4.78 is 44.4. The zero-order chi connectivity index (χ0) is 16.1. The summed E-state index contributed by atoms with van der Waals surface area (Å²) in [6.45, 7) is 2.76. The molecule has 1 aromatic rings. The Kier molecular flexibility index (Phi) is 3.74. The Bertz CT molecular complexity index is 559. The minimum absolute atomic E-state index is 0.0337. The van der Waals surface area contributed by atoms with Gasteiger partial charge in [0.25, 0.3) is 0 Å². The number of aliphatic hydroxyl groups is 1. The number of alkyl halides is 3. The van der Waals surface area contributed by atoms with Crippen molar-refractivity contribution >= 4 is 0 Å². The van der Waals surface area contributed by atoms with Crippen molar-refractivity contribution in [1.82, 2.24) is 4.90 Å². The molecule has 1 N–H and O–H groups in total. The lowest BCUT2D eigenvalue weighted by Gasteiger charge is -2.50. The van der Waals surface area contributed by atoms with Crippen molar-refractivity contribution in [3.63, 3.8) is 0 Å². The summed E-state index contributed by atoms with van der Waals surface area (Å²) >= 11 is 0. The lowest BCUT2D eigenvalue weighted by atomic mass is 9.75. The molecule has 2 atom stereocenters. The standard InChI is InChI=1S/C16H20F3NO2/c1-10-3-4-11(16(17,18)19)5-14(10)15(21)6-12-8-22-9-13(7-15)20(12)2/h3-5,12-13,21H,6-9H2,1-2H3. The van der Waals surface area contributed by atoms with E-state index in [0.29, 0.717) is 37.2 Å². The largest absolute Gasteiger partial charge is 0.416 e. The van der Waals surface area contributed by atoms with Crippen LogP contribution in [0.25, 0.3) is 0 Å². The van der Waals surface area contributed by atoms with E-state index in [2.05, 4.69) is 4.90 Å². The van der Waals surface area contributed by atoms with Crippen molar-refractivity contribution in [2.24, 2.45) is 0 Å². The minimum atomic E-state index is -4.40. The molecule has 6 heteroatoms. The fourth-order valence-electron chi connectivity index (χ4n) is 3.66. The Labute approximate surface area is 127 Å². The van der Waals surface area contributed by atoms with Crippen LogP contribution in [0.4, 0.5) is 13.2 Å². The molecule has 2 aliphatic heterocycles. The van der Waals surface area contributed by atoms with Gasteiger partial charge in [0, 0.05) is 12.1 Å². The number of aryl methyl sites for hydroxylation is 1. The first-order valence-electron chi connectivity index (χ1n) is 7.41. The summed E-state index contributed by atoms with van der Waals surface area (Å²) in [7, 11) is 1.98. The molecule has 2 saturated heterocycles. The molecule has 0 saturated carbocycles. The van der Waals surface area contributed by atoms with Crippen LogP contribution in [0.1, 0.15) is 29.5 Å². The predicted octanol–water partition coefficient (Wildman–Crippen LogP) is 2.69. The monoisotopic (exact) mass is 315 g/mol. The normalized spacial score (nSPS) is 33.0. The van der Waals surface area contributed by atoms with E-state index in [4.69, 9.17) is 4.74 Å². The van der Waals surface area contributed by atoms with Crippen molar-refractivity contribution in [3.8, 4) is 0 Å². The van der Waals surface area contributed by atoms with E-state index in [0.717, 1.165) is 12.1 Å². The molecule has 2 unspecified atom stereocenters. The second-order valence-electron chi connectivity index (χ2n) is 6.48. The average Bonchev–Trinajstić information content (AvgIpc) is 2.40. The lowest BCUT2D eigenvalue weighted by Crippen LogP contribution is -2.59. The van der Waals surface area contributed by atoms with Gasteiger partial charge in [-0.05, 0) is 50.1 Å². The van der Waals surface area contributed by atoms with Crippen LogP contribution in [0.3, 0.4) is 0 Å². The van der Waals surface area contributed by atoms with Gasteiger partial charge in [-0.1, -0.05) is 6.07 Å². The smallest absolute Gasteiger partial charge is 0.385 e. The summed E-state index contributed by atoms with van der Waals surface area (Å²) in [6, 6.07) is 3.69. The number of rotatable bonds is 1. The van der Waals surface area contributed by atoms with Crippen molar-refractivity contribution in [1.29, 1.82) is 0 Å². The molecule has 2 fully saturated rings. The highest BCUT2D eigenvalue weighted by Crippen LogP contribution is 2.43. The molecule has 2 aliphatic rings. The SMILES string of the molecule is Cc1ccc(C(F)(F)F)cc1C1(O)CC2COCC(C1)N2C. The van der Waals surface area contributed by atoms with Gasteiger partial charge in [-0.15, -0.1) is 0 Å². The molecule has 0 aromatic heterocycles. The minimum Gasteiger partial charge on any atom is -0.385 e. The summed E-state index contributed by atoms with van der Waals surface area (Å²) in [5.74, 6) is 0. The highest BCUT2D eigenvalue weighted by atomic mass is 19.4. The fraction of sp³-hybridized carbons (Fsp3) is 0.625. The number of hydrogen-bond donors (Lipinski definition) is 1. The predicted molar refractivity (Wildman–Crippen MR) is 75.5 cm³/mol. The first kappa shape index (κ1) is 15.8. The van der Waals surface area contributed by atoms with E-state index in [1.807, 2.05) is 7.05 Å². The molecule has 0 aliphatic carbocycles. The topological polar surface area (TPSA) is 32.7 Å². The fourth-order valence-corrected chi connectivity index (χ4v) is 3.66. The third-order valence-electron chi connectivity index (χ3n) is 4.99. The van der Waals surface area contributed by atoms with E-state index in [1.165, 1.54) is 6.07 Å². The highest BCUT2D eigenvalue weighted by molar-refractivity contribution is 5.37. The molecule has 3 rings (SSSR count). The number of ether oxygens (including phenoxy) is 1. The third-order valence-corrected chi connectivity index (χ3v) is 4.99. The van der Waals surface area contributed by atoms with Crippen molar-refractivity contribution in [2.75, 3.05) is 20.3 Å². The molecule has 22 heavy (non-hydrogen) atoms. The molecule has 0 radical (unpaired) electrons. The molecule has 122 valence electrons. The Morgan fingerprint density at radius 3 is 2.36 bits per heavy atom. The number of fused-ring (bicyclic) bond motifs is 2. The van der Waals surface area contributed by atoms with E-state index < -0.39 is 17.3 Å². The zero-order valence-corrected chi connectivity index (χ0v) is 12.7. The van der Waals surface area contributed by atoms with Gasteiger partial charge in [-0.2, -0.15) is 13.2 Å². The van der Waals surface area contributed by atoms with Crippen LogP contribution in [0.5, 0.6) is 0 Å². The van der Waals surface area contributed by atoms with Gasteiger partial charge in [0.05, 0.1) is 24.4 Å². The van der Waals surface area contributed by atoms with Crippen LogP contribution in [-0.4, -0.2) is 42.4 Å². The van der Waals surface area contributed by atoms with Crippen molar-refractivity contribution < 1.29 is 23.0 Å². The summed E-state index contributed by atoms with van der Waals surface area (Å²) in [5.41, 5.74) is -0.843. The summed E-state index contributed by atoms with van der Waals surface area (Å²) in [5, 5.41) is 11.1. The first-order chi connectivity index (χ1) is 10.2. The maximum Gasteiger partial charge on any atom is 0.416 e. The number of nitrogens with zero attached hydrogens (tertiary/aromatic N) is 1.